The van der Waals surface area contributed by atoms with Crippen LogP contribution in [0.1, 0.15) is 31.2 Å². The van der Waals surface area contributed by atoms with E-state index < -0.39 is 0 Å². The standard InChI is InChI=1S/C16H20N4/c1-11-7-9-20-15(10-11)18-19-16(20)13-4-2-6-14-12(13)5-3-8-17-14/h2,4,6,11,17H,3,5,7-10H2,1H3. The van der Waals surface area contributed by atoms with E-state index in [4.69, 9.17) is 0 Å². The maximum atomic E-state index is 4.50. The van der Waals surface area contributed by atoms with E-state index in [0.29, 0.717) is 0 Å². The monoisotopic (exact) mass is 268 g/mol. The fourth-order valence-electron chi connectivity index (χ4n) is 3.40. The molecular formula is C16H20N4. The minimum absolute atomic E-state index is 0.728. The number of hydrogen-bond acceptors (Lipinski definition) is 3. The molecule has 20 heavy (non-hydrogen) atoms. The largest absolute Gasteiger partial charge is 0.385 e. The van der Waals surface area contributed by atoms with Gasteiger partial charge in [-0.15, -0.1) is 10.2 Å². The van der Waals surface area contributed by atoms with Crippen molar-refractivity contribution in [2.45, 2.75) is 39.2 Å². The Morgan fingerprint density at radius 3 is 3.20 bits per heavy atom. The van der Waals surface area contributed by atoms with Crippen LogP contribution >= 0.6 is 0 Å². The highest BCUT2D eigenvalue weighted by atomic mass is 15.3. The van der Waals surface area contributed by atoms with Crippen molar-refractivity contribution in [2.24, 2.45) is 5.92 Å². The molecule has 0 saturated carbocycles. The van der Waals surface area contributed by atoms with E-state index in [1.54, 1.807) is 0 Å². The third-order valence-corrected chi connectivity index (χ3v) is 4.54. The second-order valence-electron chi connectivity index (χ2n) is 6.05. The molecule has 4 heteroatoms. The zero-order valence-corrected chi connectivity index (χ0v) is 11.9. The van der Waals surface area contributed by atoms with Crippen LogP contribution in [0.3, 0.4) is 0 Å². The van der Waals surface area contributed by atoms with Gasteiger partial charge in [0, 0.05) is 30.8 Å². The average molecular weight is 268 g/mol. The number of nitrogens with one attached hydrogen (secondary N) is 1. The quantitative estimate of drug-likeness (QED) is 0.864. The topological polar surface area (TPSA) is 42.7 Å². The van der Waals surface area contributed by atoms with Crippen molar-refractivity contribution in [1.29, 1.82) is 0 Å². The van der Waals surface area contributed by atoms with Gasteiger partial charge in [-0.2, -0.15) is 0 Å². The summed E-state index contributed by atoms with van der Waals surface area (Å²) < 4.78 is 2.32. The third kappa shape index (κ3) is 1.82. The van der Waals surface area contributed by atoms with Crippen LogP contribution in [0.4, 0.5) is 5.69 Å². The molecule has 2 aromatic rings. The molecule has 0 radical (unpaired) electrons. The summed E-state index contributed by atoms with van der Waals surface area (Å²) in [6, 6.07) is 6.49. The number of aromatic nitrogens is 3. The number of nitrogens with zero attached hydrogens (tertiary/aromatic N) is 3. The van der Waals surface area contributed by atoms with E-state index in [0.717, 1.165) is 43.5 Å². The predicted octanol–water partition coefficient (Wildman–Crippen LogP) is 2.89. The van der Waals surface area contributed by atoms with Gasteiger partial charge >= 0.3 is 0 Å². The molecular weight excluding hydrogens is 248 g/mol. The van der Waals surface area contributed by atoms with Crippen molar-refractivity contribution < 1.29 is 0 Å². The summed E-state index contributed by atoms with van der Waals surface area (Å²) in [5.74, 6) is 2.94. The van der Waals surface area contributed by atoms with Gasteiger partial charge in [-0.3, -0.25) is 0 Å². The summed E-state index contributed by atoms with van der Waals surface area (Å²) in [6.07, 6.45) is 4.62. The molecule has 1 atom stereocenters. The molecule has 1 N–H and O–H groups in total. The van der Waals surface area contributed by atoms with Crippen LogP contribution in [0, 0.1) is 5.92 Å². The summed E-state index contributed by atoms with van der Waals surface area (Å²) in [5, 5.41) is 12.4. The van der Waals surface area contributed by atoms with Gasteiger partial charge in [0.1, 0.15) is 5.82 Å². The highest BCUT2D eigenvalue weighted by Crippen LogP contribution is 2.33. The molecule has 0 aliphatic carbocycles. The lowest BCUT2D eigenvalue weighted by molar-refractivity contribution is 0.411. The van der Waals surface area contributed by atoms with E-state index in [1.807, 2.05) is 0 Å². The average Bonchev–Trinajstić information content (AvgIpc) is 2.89. The van der Waals surface area contributed by atoms with Crippen molar-refractivity contribution in [3.05, 3.63) is 29.6 Å². The molecule has 0 spiro atoms. The molecule has 0 amide bonds. The molecule has 1 aromatic heterocycles. The molecule has 3 heterocycles. The van der Waals surface area contributed by atoms with Crippen LogP contribution in [-0.2, 0) is 19.4 Å². The third-order valence-electron chi connectivity index (χ3n) is 4.54. The number of rotatable bonds is 1. The van der Waals surface area contributed by atoms with Crippen molar-refractivity contribution in [3.8, 4) is 11.4 Å². The van der Waals surface area contributed by atoms with Crippen LogP contribution < -0.4 is 5.32 Å². The Morgan fingerprint density at radius 2 is 2.25 bits per heavy atom. The zero-order chi connectivity index (χ0) is 13.5. The van der Waals surface area contributed by atoms with Gasteiger partial charge in [0.2, 0.25) is 0 Å². The smallest absolute Gasteiger partial charge is 0.164 e. The van der Waals surface area contributed by atoms with Gasteiger partial charge in [-0.05, 0) is 36.8 Å². The molecule has 2 aliphatic rings. The highest BCUT2D eigenvalue weighted by Gasteiger charge is 2.23. The van der Waals surface area contributed by atoms with Crippen LogP contribution in [0.25, 0.3) is 11.4 Å². The molecule has 0 bridgehead atoms. The predicted molar refractivity (Wildman–Crippen MR) is 79.8 cm³/mol. The first kappa shape index (κ1) is 11.9. The van der Waals surface area contributed by atoms with E-state index in [2.05, 4.69) is 45.2 Å². The molecule has 4 rings (SSSR count). The summed E-state index contributed by atoms with van der Waals surface area (Å²) in [6.45, 7) is 4.42. The van der Waals surface area contributed by atoms with Crippen LogP contribution in [-0.4, -0.2) is 21.3 Å². The van der Waals surface area contributed by atoms with Gasteiger partial charge in [0.05, 0.1) is 0 Å². The van der Waals surface area contributed by atoms with Crippen LogP contribution in [0.2, 0.25) is 0 Å². The van der Waals surface area contributed by atoms with Crippen LogP contribution in [0.5, 0.6) is 0 Å². The second-order valence-corrected chi connectivity index (χ2v) is 6.05. The maximum Gasteiger partial charge on any atom is 0.164 e. The number of hydrogen-bond donors (Lipinski definition) is 1. The van der Waals surface area contributed by atoms with E-state index in [-0.39, 0.29) is 0 Å². The fraction of sp³-hybridized carbons (Fsp3) is 0.500. The SMILES string of the molecule is CC1CCn2c(nnc2-c2cccc3c2CCCN3)C1. The Bertz CT molecular complexity index is 644. The lowest BCUT2D eigenvalue weighted by Gasteiger charge is -2.23. The summed E-state index contributed by atoms with van der Waals surface area (Å²) in [5.41, 5.74) is 3.95. The van der Waals surface area contributed by atoms with E-state index in [9.17, 15) is 0 Å². The Morgan fingerprint density at radius 1 is 1.30 bits per heavy atom. The molecule has 0 fully saturated rings. The first-order valence-corrected chi connectivity index (χ1v) is 7.61. The normalized spacial score (nSPS) is 20.9. The van der Waals surface area contributed by atoms with Crippen molar-refractivity contribution in [3.63, 3.8) is 0 Å². The molecule has 1 aromatic carbocycles. The Hall–Kier alpha value is -1.84. The molecule has 4 nitrogen and oxygen atoms in total. The summed E-state index contributed by atoms with van der Waals surface area (Å²) in [7, 11) is 0. The minimum Gasteiger partial charge on any atom is -0.385 e. The van der Waals surface area contributed by atoms with Crippen molar-refractivity contribution in [1.82, 2.24) is 14.8 Å². The number of benzene rings is 1. The highest BCUT2D eigenvalue weighted by molar-refractivity contribution is 5.71. The van der Waals surface area contributed by atoms with Gasteiger partial charge in [-0.25, -0.2) is 0 Å². The van der Waals surface area contributed by atoms with Crippen LogP contribution in [0.15, 0.2) is 18.2 Å². The van der Waals surface area contributed by atoms with Gasteiger partial charge in [-0.1, -0.05) is 19.1 Å². The number of fused-ring (bicyclic) bond motifs is 2. The Kier molecular flexibility index (Phi) is 2.76. The Labute approximate surface area is 119 Å². The molecule has 1 unspecified atom stereocenters. The van der Waals surface area contributed by atoms with Gasteiger partial charge < -0.3 is 9.88 Å². The summed E-state index contributed by atoms with van der Waals surface area (Å²) in [4.78, 5) is 0. The Balaban J connectivity index is 1.83. The molecule has 104 valence electrons. The lowest BCUT2D eigenvalue weighted by atomic mass is 9.96. The maximum absolute atomic E-state index is 4.50. The molecule has 2 aliphatic heterocycles. The van der Waals surface area contributed by atoms with E-state index >= 15 is 0 Å². The second kappa shape index (κ2) is 4.62. The zero-order valence-electron chi connectivity index (χ0n) is 11.9. The molecule has 0 saturated heterocycles. The lowest BCUT2D eigenvalue weighted by Crippen LogP contribution is -2.18. The van der Waals surface area contributed by atoms with Gasteiger partial charge in [0.25, 0.3) is 0 Å². The summed E-state index contributed by atoms with van der Waals surface area (Å²) >= 11 is 0. The van der Waals surface area contributed by atoms with Crippen molar-refractivity contribution in [2.75, 3.05) is 11.9 Å². The number of anilines is 1. The first-order valence-electron chi connectivity index (χ1n) is 7.61. The first-order chi connectivity index (χ1) is 9.83. The van der Waals surface area contributed by atoms with Gasteiger partial charge in [0.15, 0.2) is 5.82 Å². The fourth-order valence-corrected chi connectivity index (χ4v) is 3.40. The van der Waals surface area contributed by atoms with Crippen molar-refractivity contribution >= 4 is 5.69 Å². The van der Waals surface area contributed by atoms with E-state index in [1.165, 1.54) is 29.7 Å². The minimum atomic E-state index is 0.728.